The highest BCUT2D eigenvalue weighted by Crippen LogP contribution is 2.34. The Kier molecular flexibility index (Phi) is 8.95. The van der Waals surface area contributed by atoms with Crippen LogP contribution in [0.1, 0.15) is 36.8 Å². The summed E-state index contributed by atoms with van der Waals surface area (Å²) in [6.07, 6.45) is 1.50. The third kappa shape index (κ3) is 6.56. The van der Waals surface area contributed by atoms with E-state index in [1.807, 2.05) is 43.0 Å². The monoisotopic (exact) mass is 541 g/mol. The molecule has 0 unspecified atom stereocenters. The first-order valence-electron chi connectivity index (χ1n) is 12.3. The molecule has 0 radical (unpaired) electrons. The zero-order valence-corrected chi connectivity index (χ0v) is 22.8. The number of nitrogens with one attached hydrogen (secondary N) is 1. The summed E-state index contributed by atoms with van der Waals surface area (Å²) >= 11 is 7.78. The summed E-state index contributed by atoms with van der Waals surface area (Å²) in [7, 11) is 1.61. The van der Waals surface area contributed by atoms with Gasteiger partial charge in [-0.2, -0.15) is 0 Å². The molecule has 4 rings (SSSR count). The van der Waals surface area contributed by atoms with Crippen LogP contribution in [0.3, 0.4) is 0 Å². The number of carbonyl (C=O) groups is 2. The van der Waals surface area contributed by atoms with Crippen molar-refractivity contribution in [2.45, 2.75) is 38.8 Å². The van der Waals surface area contributed by atoms with Crippen molar-refractivity contribution < 1.29 is 19.1 Å². The molecule has 3 amide bonds. The summed E-state index contributed by atoms with van der Waals surface area (Å²) in [5, 5.41) is 5.47. The number of methoxy groups -OCH3 is 1. The van der Waals surface area contributed by atoms with E-state index < -0.39 is 0 Å². The van der Waals surface area contributed by atoms with Crippen LogP contribution in [0.2, 0.25) is 5.02 Å². The van der Waals surface area contributed by atoms with Crippen LogP contribution in [-0.4, -0.2) is 54.6 Å². The normalized spacial score (nSPS) is 15.5. The highest BCUT2D eigenvalue weighted by molar-refractivity contribution is 7.10. The van der Waals surface area contributed by atoms with Crippen LogP contribution in [0.4, 0.5) is 10.5 Å². The number of ether oxygens (including phenoxy) is 2. The standard InChI is InChI=1S/C28H32ClN3O4S/c1-4-19(2)32(28(34)30-21-8-5-7-20(29)15-21)17-27(33)31-13-11-26-24(12-14-37-26)25(31)18-36-23-10-6-9-22(16-23)35-3/h5-10,12,14-16,19,25H,4,11,13,17-18H2,1-3H3,(H,30,34)/t19-,25-/m0/s1. The summed E-state index contributed by atoms with van der Waals surface area (Å²) in [4.78, 5) is 31.6. The van der Waals surface area contributed by atoms with Crippen LogP contribution in [0.25, 0.3) is 0 Å². The molecule has 0 bridgehead atoms. The zero-order valence-electron chi connectivity index (χ0n) is 21.3. The Labute approximate surface area is 226 Å². The summed E-state index contributed by atoms with van der Waals surface area (Å²) in [6, 6.07) is 15.8. The predicted molar refractivity (Wildman–Crippen MR) is 148 cm³/mol. The number of amides is 3. The van der Waals surface area contributed by atoms with Crippen molar-refractivity contribution in [1.29, 1.82) is 0 Å². The van der Waals surface area contributed by atoms with Gasteiger partial charge in [0.05, 0.1) is 13.2 Å². The molecule has 1 N–H and O–H groups in total. The molecule has 1 aromatic heterocycles. The Balaban J connectivity index is 1.51. The maximum absolute atomic E-state index is 13.7. The largest absolute Gasteiger partial charge is 0.497 e. The van der Waals surface area contributed by atoms with Crippen LogP contribution in [0.5, 0.6) is 11.5 Å². The first kappa shape index (κ1) is 26.8. The van der Waals surface area contributed by atoms with Gasteiger partial charge in [-0.15, -0.1) is 11.3 Å². The van der Waals surface area contributed by atoms with Crippen molar-refractivity contribution >= 4 is 40.6 Å². The Morgan fingerprint density at radius 2 is 1.97 bits per heavy atom. The van der Waals surface area contributed by atoms with Crippen molar-refractivity contribution in [3.05, 3.63) is 75.4 Å². The van der Waals surface area contributed by atoms with Crippen molar-refractivity contribution in [2.24, 2.45) is 0 Å². The summed E-state index contributed by atoms with van der Waals surface area (Å²) in [6.45, 7) is 4.79. The lowest BCUT2D eigenvalue weighted by atomic mass is 10.00. The molecule has 1 aliphatic rings. The Hall–Kier alpha value is -3.23. The van der Waals surface area contributed by atoms with Crippen molar-refractivity contribution in [3.63, 3.8) is 0 Å². The topological polar surface area (TPSA) is 71.1 Å². The maximum atomic E-state index is 13.7. The molecular weight excluding hydrogens is 510 g/mol. The fourth-order valence-electron chi connectivity index (χ4n) is 4.39. The lowest BCUT2D eigenvalue weighted by Gasteiger charge is -2.38. The summed E-state index contributed by atoms with van der Waals surface area (Å²) in [5.41, 5.74) is 1.69. The number of thiophene rings is 1. The van der Waals surface area contributed by atoms with E-state index in [-0.39, 0.29) is 30.6 Å². The van der Waals surface area contributed by atoms with E-state index in [0.717, 1.165) is 12.0 Å². The van der Waals surface area contributed by atoms with Crippen LogP contribution in [0.15, 0.2) is 60.0 Å². The molecule has 196 valence electrons. The van der Waals surface area contributed by atoms with Gasteiger partial charge in [0.25, 0.3) is 0 Å². The molecule has 1 aliphatic heterocycles. The van der Waals surface area contributed by atoms with E-state index >= 15 is 0 Å². The molecule has 0 aliphatic carbocycles. The number of nitrogens with zero attached hydrogens (tertiary/aromatic N) is 2. The van der Waals surface area contributed by atoms with Gasteiger partial charge in [0, 0.05) is 34.2 Å². The van der Waals surface area contributed by atoms with Crippen molar-refractivity contribution in [1.82, 2.24) is 9.80 Å². The highest BCUT2D eigenvalue weighted by Gasteiger charge is 2.34. The van der Waals surface area contributed by atoms with E-state index in [9.17, 15) is 9.59 Å². The number of fused-ring (bicyclic) bond motifs is 1. The van der Waals surface area contributed by atoms with E-state index in [0.29, 0.717) is 41.8 Å². The first-order valence-corrected chi connectivity index (χ1v) is 13.6. The SMILES string of the molecule is CC[C@H](C)N(CC(=O)N1CCc2sccc2[C@@H]1COc1cccc(OC)c1)C(=O)Nc1cccc(Cl)c1. The third-order valence-corrected chi connectivity index (χ3v) is 7.86. The van der Waals surface area contributed by atoms with Gasteiger partial charge >= 0.3 is 6.03 Å². The fourth-order valence-corrected chi connectivity index (χ4v) is 5.51. The fraction of sp³-hybridized carbons (Fsp3) is 0.357. The molecule has 0 saturated carbocycles. The second-order valence-corrected chi connectivity index (χ2v) is 10.4. The first-order chi connectivity index (χ1) is 17.9. The van der Waals surface area contributed by atoms with Crippen LogP contribution in [0, 0.1) is 0 Å². The smallest absolute Gasteiger partial charge is 0.322 e. The Morgan fingerprint density at radius 3 is 2.73 bits per heavy atom. The van der Waals surface area contributed by atoms with Crippen LogP contribution in [-0.2, 0) is 11.2 Å². The number of carbonyl (C=O) groups excluding carboxylic acids is 2. The quantitative estimate of drug-likeness (QED) is 0.348. The number of hydrogen-bond donors (Lipinski definition) is 1. The van der Waals surface area contributed by atoms with E-state index in [1.165, 1.54) is 4.88 Å². The average Bonchev–Trinajstić information content (AvgIpc) is 3.39. The number of benzene rings is 2. The molecule has 37 heavy (non-hydrogen) atoms. The van der Waals surface area contributed by atoms with Crippen molar-refractivity contribution in [2.75, 3.05) is 32.1 Å². The zero-order chi connectivity index (χ0) is 26.4. The van der Waals surface area contributed by atoms with Crippen molar-refractivity contribution in [3.8, 4) is 11.5 Å². The van der Waals surface area contributed by atoms with Gasteiger partial charge in [0.1, 0.15) is 24.7 Å². The van der Waals surface area contributed by atoms with Gasteiger partial charge in [-0.25, -0.2) is 4.79 Å². The molecule has 9 heteroatoms. The minimum Gasteiger partial charge on any atom is -0.497 e. The molecular formula is C28H32ClN3O4S. The summed E-state index contributed by atoms with van der Waals surface area (Å²) in [5.74, 6) is 1.27. The Morgan fingerprint density at radius 1 is 1.19 bits per heavy atom. The molecule has 3 aromatic rings. The van der Waals surface area contributed by atoms with Gasteiger partial charge in [-0.1, -0.05) is 30.7 Å². The van der Waals surface area contributed by atoms with Gasteiger partial charge in [0.2, 0.25) is 5.91 Å². The lowest BCUT2D eigenvalue weighted by Crippen LogP contribution is -2.50. The average molecular weight is 542 g/mol. The molecule has 2 aromatic carbocycles. The minimum absolute atomic E-state index is 0.0312. The van der Waals surface area contributed by atoms with E-state index in [1.54, 1.807) is 47.6 Å². The maximum Gasteiger partial charge on any atom is 0.322 e. The number of anilines is 1. The van der Waals surface area contributed by atoms with Gasteiger partial charge < -0.3 is 24.6 Å². The van der Waals surface area contributed by atoms with Crippen LogP contribution >= 0.6 is 22.9 Å². The third-order valence-electron chi connectivity index (χ3n) is 6.63. The lowest BCUT2D eigenvalue weighted by molar-refractivity contribution is -0.135. The highest BCUT2D eigenvalue weighted by atomic mass is 35.5. The number of urea groups is 1. The second kappa shape index (κ2) is 12.3. The number of hydrogen-bond acceptors (Lipinski definition) is 5. The van der Waals surface area contributed by atoms with Crippen LogP contribution < -0.4 is 14.8 Å². The minimum atomic E-state index is -0.331. The number of halogens is 1. The van der Waals surface area contributed by atoms with Gasteiger partial charge in [0.15, 0.2) is 0 Å². The Bertz CT molecular complexity index is 1230. The van der Waals surface area contributed by atoms with E-state index in [4.69, 9.17) is 21.1 Å². The molecule has 0 saturated heterocycles. The summed E-state index contributed by atoms with van der Waals surface area (Å²) < 4.78 is 11.4. The second-order valence-electron chi connectivity index (χ2n) is 8.97. The van der Waals surface area contributed by atoms with Gasteiger partial charge in [-0.05, 0) is 67.1 Å². The molecule has 7 nitrogen and oxygen atoms in total. The molecule has 0 spiro atoms. The van der Waals surface area contributed by atoms with Gasteiger partial charge in [-0.3, -0.25) is 4.79 Å². The van der Waals surface area contributed by atoms with E-state index in [2.05, 4.69) is 16.8 Å². The molecule has 2 heterocycles. The number of rotatable bonds is 9. The predicted octanol–water partition coefficient (Wildman–Crippen LogP) is 6.25. The molecule has 0 fully saturated rings. The molecule has 2 atom stereocenters.